The van der Waals surface area contributed by atoms with Crippen LogP contribution in [0.5, 0.6) is 0 Å². The first-order chi connectivity index (χ1) is 12.7. The van der Waals surface area contributed by atoms with E-state index < -0.39 is 0 Å². The zero-order valence-corrected chi connectivity index (χ0v) is 15.2. The number of carbonyl (C=O) groups excluding carboxylic acids is 1. The van der Waals surface area contributed by atoms with Crippen LogP contribution in [0.1, 0.15) is 16.1 Å². The number of halogens is 1. The summed E-state index contributed by atoms with van der Waals surface area (Å²) in [5.74, 6) is -0.154. The molecule has 0 unspecified atom stereocenters. The third kappa shape index (κ3) is 3.45. The summed E-state index contributed by atoms with van der Waals surface area (Å²) in [6.45, 7) is 0.372. The first-order valence-corrected chi connectivity index (χ1v) is 9.24. The molecule has 4 nitrogen and oxygen atoms in total. The molecule has 0 bridgehead atoms. The van der Waals surface area contributed by atoms with Gasteiger partial charge in [0, 0.05) is 11.6 Å². The molecule has 0 fully saturated rings. The van der Waals surface area contributed by atoms with Gasteiger partial charge in [-0.05, 0) is 36.4 Å². The number of thiophene rings is 1. The van der Waals surface area contributed by atoms with Gasteiger partial charge in [-0.2, -0.15) is 0 Å². The van der Waals surface area contributed by atoms with E-state index in [4.69, 9.17) is 11.6 Å². The average molecular weight is 380 g/mol. The minimum atomic E-state index is -0.154. The van der Waals surface area contributed by atoms with Crippen molar-refractivity contribution in [3.8, 4) is 10.6 Å². The molecule has 26 heavy (non-hydrogen) atoms. The van der Waals surface area contributed by atoms with E-state index in [-0.39, 0.29) is 5.91 Å². The Morgan fingerprint density at radius 1 is 1.08 bits per heavy atom. The van der Waals surface area contributed by atoms with Crippen LogP contribution in [0.2, 0.25) is 4.34 Å². The number of benzene rings is 1. The number of para-hydroxylation sites is 1. The molecule has 0 saturated carbocycles. The number of amides is 1. The SMILES string of the molecule is O=C(NCc1ccccn1)c1cc(-c2ccc(Cl)s2)nc2ccccc12. The Labute approximate surface area is 159 Å². The van der Waals surface area contributed by atoms with Crippen molar-refractivity contribution in [3.63, 3.8) is 0 Å². The van der Waals surface area contributed by atoms with Crippen LogP contribution in [0.4, 0.5) is 0 Å². The molecular formula is C20H14ClN3OS. The summed E-state index contributed by atoms with van der Waals surface area (Å²) < 4.78 is 0.691. The topological polar surface area (TPSA) is 54.9 Å². The van der Waals surface area contributed by atoms with Crippen molar-refractivity contribution in [2.45, 2.75) is 6.54 Å². The van der Waals surface area contributed by atoms with Gasteiger partial charge in [0.15, 0.2) is 0 Å². The van der Waals surface area contributed by atoms with Gasteiger partial charge in [0.2, 0.25) is 0 Å². The molecule has 1 amide bonds. The van der Waals surface area contributed by atoms with Gasteiger partial charge in [0.25, 0.3) is 5.91 Å². The number of carbonyl (C=O) groups is 1. The minimum Gasteiger partial charge on any atom is -0.346 e. The number of fused-ring (bicyclic) bond motifs is 1. The lowest BCUT2D eigenvalue weighted by molar-refractivity contribution is 0.0952. The van der Waals surface area contributed by atoms with Crippen molar-refractivity contribution in [1.82, 2.24) is 15.3 Å². The van der Waals surface area contributed by atoms with Gasteiger partial charge in [-0.25, -0.2) is 4.98 Å². The van der Waals surface area contributed by atoms with Gasteiger partial charge in [-0.3, -0.25) is 9.78 Å². The van der Waals surface area contributed by atoms with Crippen LogP contribution in [0, 0.1) is 0 Å². The zero-order chi connectivity index (χ0) is 17.9. The van der Waals surface area contributed by atoms with E-state index in [9.17, 15) is 4.79 Å². The highest BCUT2D eigenvalue weighted by Gasteiger charge is 2.14. The Kier molecular flexibility index (Phi) is 4.65. The predicted molar refractivity (Wildman–Crippen MR) is 105 cm³/mol. The summed E-state index contributed by atoms with van der Waals surface area (Å²) in [5, 5.41) is 3.76. The molecule has 0 aliphatic carbocycles. The van der Waals surface area contributed by atoms with E-state index in [1.807, 2.05) is 60.7 Å². The van der Waals surface area contributed by atoms with Crippen molar-refractivity contribution in [1.29, 1.82) is 0 Å². The van der Waals surface area contributed by atoms with Gasteiger partial charge >= 0.3 is 0 Å². The first kappa shape index (κ1) is 16.7. The quantitative estimate of drug-likeness (QED) is 0.546. The van der Waals surface area contributed by atoms with Crippen molar-refractivity contribution >= 4 is 39.7 Å². The summed E-state index contributed by atoms with van der Waals surface area (Å²) in [6, 6.07) is 18.8. The molecule has 0 saturated heterocycles. The van der Waals surface area contributed by atoms with E-state index >= 15 is 0 Å². The van der Waals surface area contributed by atoms with E-state index in [1.54, 1.807) is 6.20 Å². The van der Waals surface area contributed by atoms with Crippen LogP contribution in [0.3, 0.4) is 0 Å². The smallest absolute Gasteiger partial charge is 0.252 e. The first-order valence-electron chi connectivity index (χ1n) is 8.04. The number of nitrogens with one attached hydrogen (secondary N) is 1. The maximum Gasteiger partial charge on any atom is 0.252 e. The van der Waals surface area contributed by atoms with Crippen LogP contribution >= 0.6 is 22.9 Å². The van der Waals surface area contributed by atoms with Crippen LogP contribution in [-0.4, -0.2) is 15.9 Å². The molecule has 1 N–H and O–H groups in total. The summed E-state index contributed by atoms with van der Waals surface area (Å²) >= 11 is 7.49. The molecule has 0 atom stereocenters. The Bertz CT molecular complexity index is 1080. The average Bonchev–Trinajstić information content (AvgIpc) is 3.12. The second-order valence-electron chi connectivity index (χ2n) is 5.68. The highest BCUT2D eigenvalue weighted by Crippen LogP contribution is 2.32. The van der Waals surface area contributed by atoms with E-state index in [0.29, 0.717) is 16.4 Å². The number of rotatable bonds is 4. The molecule has 0 spiro atoms. The van der Waals surface area contributed by atoms with Crippen molar-refractivity contribution in [2.75, 3.05) is 0 Å². The Morgan fingerprint density at radius 3 is 2.69 bits per heavy atom. The number of nitrogens with zero attached hydrogens (tertiary/aromatic N) is 2. The lowest BCUT2D eigenvalue weighted by Gasteiger charge is -2.10. The molecule has 1 aromatic carbocycles. The molecular weight excluding hydrogens is 366 g/mol. The van der Waals surface area contributed by atoms with Gasteiger partial charge in [-0.15, -0.1) is 11.3 Å². The third-order valence-electron chi connectivity index (χ3n) is 3.94. The number of pyridine rings is 2. The van der Waals surface area contributed by atoms with Crippen LogP contribution in [0.25, 0.3) is 21.5 Å². The van der Waals surface area contributed by atoms with Crippen LogP contribution < -0.4 is 5.32 Å². The van der Waals surface area contributed by atoms with E-state index in [1.165, 1.54) is 11.3 Å². The minimum absolute atomic E-state index is 0.154. The second kappa shape index (κ2) is 7.23. The predicted octanol–water partition coefficient (Wildman–Crippen LogP) is 4.94. The highest BCUT2D eigenvalue weighted by molar-refractivity contribution is 7.19. The lowest BCUT2D eigenvalue weighted by atomic mass is 10.1. The largest absolute Gasteiger partial charge is 0.346 e. The molecule has 4 aromatic rings. The third-order valence-corrected chi connectivity index (χ3v) is 5.20. The van der Waals surface area contributed by atoms with Crippen LogP contribution in [-0.2, 0) is 6.54 Å². The number of hydrogen-bond donors (Lipinski definition) is 1. The fourth-order valence-electron chi connectivity index (χ4n) is 2.71. The van der Waals surface area contributed by atoms with Crippen molar-refractivity contribution in [3.05, 3.63) is 82.5 Å². The lowest BCUT2D eigenvalue weighted by Crippen LogP contribution is -2.23. The molecule has 3 aromatic heterocycles. The molecule has 128 valence electrons. The maximum absolute atomic E-state index is 12.8. The highest BCUT2D eigenvalue weighted by atomic mass is 35.5. The van der Waals surface area contributed by atoms with Crippen molar-refractivity contribution < 1.29 is 4.79 Å². The Morgan fingerprint density at radius 2 is 1.92 bits per heavy atom. The van der Waals surface area contributed by atoms with E-state index in [2.05, 4.69) is 15.3 Å². The fourth-order valence-corrected chi connectivity index (χ4v) is 3.71. The summed E-state index contributed by atoms with van der Waals surface area (Å²) in [4.78, 5) is 22.7. The molecule has 0 aliphatic rings. The zero-order valence-electron chi connectivity index (χ0n) is 13.6. The molecule has 6 heteroatoms. The van der Waals surface area contributed by atoms with Gasteiger partial charge in [0.05, 0.1) is 38.2 Å². The second-order valence-corrected chi connectivity index (χ2v) is 7.39. The normalized spacial score (nSPS) is 10.8. The molecule has 4 rings (SSSR count). The Balaban J connectivity index is 1.71. The van der Waals surface area contributed by atoms with Gasteiger partial charge in [0.1, 0.15) is 0 Å². The standard InChI is InChI=1S/C20H14ClN3OS/c21-19-9-8-18(26-19)17-11-15(14-6-1-2-7-16(14)24-17)20(25)23-12-13-5-3-4-10-22-13/h1-11H,12H2,(H,23,25). The Hall–Kier alpha value is -2.76. The van der Waals surface area contributed by atoms with Gasteiger partial charge in [-0.1, -0.05) is 35.9 Å². The fraction of sp³-hybridized carbons (Fsp3) is 0.0500. The van der Waals surface area contributed by atoms with Crippen molar-refractivity contribution in [2.24, 2.45) is 0 Å². The monoisotopic (exact) mass is 379 g/mol. The molecule has 0 radical (unpaired) electrons. The summed E-state index contributed by atoms with van der Waals surface area (Å²) in [5.41, 5.74) is 2.91. The number of aromatic nitrogens is 2. The molecule has 0 aliphatic heterocycles. The van der Waals surface area contributed by atoms with Gasteiger partial charge < -0.3 is 5.32 Å². The molecule has 3 heterocycles. The van der Waals surface area contributed by atoms with E-state index in [0.717, 1.165) is 27.2 Å². The maximum atomic E-state index is 12.8. The van der Waals surface area contributed by atoms with Crippen LogP contribution in [0.15, 0.2) is 66.9 Å². The number of hydrogen-bond acceptors (Lipinski definition) is 4. The summed E-state index contributed by atoms with van der Waals surface area (Å²) in [6.07, 6.45) is 1.71. The summed E-state index contributed by atoms with van der Waals surface area (Å²) in [7, 11) is 0.